The van der Waals surface area contributed by atoms with E-state index in [-0.39, 0.29) is 6.54 Å². The summed E-state index contributed by atoms with van der Waals surface area (Å²) < 4.78 is 0. The van der Waals surface area contributed by atoms with E-state index in [0.717, 1.165) is 0 Å². The molecule has 0 saturated carbocycles. The average molecular weight is 139 g/mol. The van der Waals surface area contributed by atoms with Crippen molar-refractivity contribution in [3.63, 3.8) is 0 Å². The molecule has 0 aliphatic rings. The second-order valence-electron chi connectivity index (χ2n) is 1.77. The number of azide groups is 1. The molecule has 0 amide bonds. The zero-order valence-corrected chi connectivity index (χ0v) is 5.44. The normalized spacial score (nSPS) is 14.5. The first-order valence-corrected chi connectivity index (χ1v) is 2.70. The minimum Gasteiger partial charge on any atom is -0.325 e. The molecule has 0 bridgehead atoms. The van der Waals surface area contributed by atoms with Crippen LogP contribution in [0, 0.1) is 12.3 Å². The van der Waals surface area contributed by atoms with Gasteiger partial charge in [-0.15, -0.1) is 6.42 Å². The van der Waals surface area contributed by atoms with Crippen LogP contribution in [0.2, 0.25) is 0 Å². The van der Waals surface area contributed by atoms with Crippen molar-refractivity contribution in [3.8, 4) is 12.3 Å². The van der Waals surface area contributed by atoms with Gasteiger partial charge in [0.05, 0.1) is 6.04 Å². The Morgan fingerprint density at radius 2 is 2.30 bits per heavy atom. The summed E-state index contributed by atoms with van der Waals surface area (Å²) in [6.07, 6.45) is 4.95. The number of terminal acetylenes is 1. The lowest BCUT2D eigenvalue weighted by Crippen LogP contribution is -2.42. The summed E-state index contributed by atoms with van der Waals surface area (Å²) in [6.45, 7) is 0.141. The van der Waals surface area contributed by atoms with Crippen molar-refractivity contribution in [2.24, 2.45) is 16.6 Å². The Morgan fingerprint density at radius 3 is 2.70 bits per heavy atom. The summed E-state index contributed by atoms with van der Waals surface area (Å²) in [5, 5.41) is 3.22. The lowest BCUT2D eigenvalue weighted by molar-refractivity contribution is 0.620. The minimum absolute atomic E-state index is 0.141. The maximum atomic E-state index is 7.88. The van der Waals surface area contributed by atoms with E-state index in [9.17, 15) is 0 Å². The van der Waals surface area contributed by atoms with Crippen LogP contribution in [-0.4, -0.2) is 18.6 Å². The van der Waals surface area contributed by atoms with Crippen LogP contribution in [0.25, 0.3) is 10.4 Å². The summed E-state index contributed by atoms with van der Waals surface area (Å²) in [5.74, 6) is 2.24. The summed E-state index contributed by atoms with van der Waals surface area (Å²) in [5.41, 5.74) is 18.6. The van der Waals surface area contributed by atoms with Crippen LogP contribution >= 0.6 is 0 Å². The van der Waals surface area contributed by atoms with Gasteiger partial charge in [-0.25, -0.2) is 0 Å². The molecule has 0 aromatic heterocycles. The van der Waals surface area contributed by atoms with Crippen molar-refractivity contribution in [3.05, 3.63) is 10.4 Å². The van der Waals surface area contributed by atoms with Crippen molar-refractivity contribution in [1.29, 1.82) is 0 Å². The zero-order valence-electron chi connectivity index (χ0n) is 5.44. The summed E-state index contributed by atoms with van der Waals surface area (Å²) in [4.78, 5) is 2.51. The molecule has 0 aromatic rings. The Bertz CT molecular complexity index is 175. The Kier molecular flexibility index (Phi) is 4.09. The molecular formula is C5H9N5. The van der Waals surface area contributed by atoms with E-state index in [0.29, 0.717) is 0 Å². The first-order valence-electron chi connectivity index (χ1n) is 2.70. The molecule has 2 unspecified atom stereocenters. The van der Waals surface area contributed by atoms with E-state index >= 15 is 0 Å². The number of nitrogens with two attached hydrogens (primary N) is 2. The molecule has 0 saturated heterocycles. The molecule has 0 aliphatic carbocycles. The fourth-order valence-electron chi connectivity index (χ4n) is 0.368. The van der Waals surface area contributed by atoms with E-state index in [2.05, 4.69) is 15.9 Å². The molecule has 0 radical (unpaired) electrons. The number of nitrogens with zero attached hydrogens (tertiary/aromatic N) is 3. The minimum atomic E-state index is -0.537. The molecule has 10 heavy (non-hydrogen) atoms. The predicted molar refractivity (Wildman–Crippen MR) is 38.8 cm³/mol. The van der Waals surface area contributed by atoms with Gasteiger partial charge in [0.25, 0.3) is 0 Å². The number of hydrogen-bond acceptors (Lipinski definition) is 3. The maximum absolute atomic E-state index is 7.88. The van der Waals surface area contributed by atoms with Crippen molar-refractivity contribution in [2.75, 3.05) is 6.54 Å². The fourth-order valence-corrected chi connectivity index (χ4v) is 0.368. The van der Waals surface area contributed by atoms with E-state index in [1.807, 2.05) is 0 Å². The van der Waals surface area contributed by atoms with Crippen LogP contribution in [0.3, 0.4) is 0 Å². The largest absolute Gasteiger partial charge is 0.325 e. The zero-order chi connectivity index (χ0) is 7.98. The predicted octanol–water partition coefficient (Wildman–Crippen LogP) is -0.415. The first-order chi connectivity index (χ1) is 4.72. The van der Waals surface area contributed by atoms with Crippen molar-refractivity contribution in [2.45, 2.75) is 12.1 Å². The molecule has 5 heteroatoms. The molecule has 5 nitrogen and oxygen atoms in total. The van der Waals surface area contributed by atoms with E-state index in [1.54, 1.807) is 0 Å². The Balaban J connectivity index is 3.74. The Hall–Kier alpha value is -1.21. The van der Waals surface area contributed by atoms with Gasteiger partial charge >= 0.3 is 0 Å². The smallest absolute Gasteiger partial charge is 0.0816 e. The van der Waals surface area contributed by atoms with Gasteiger partial charge in [0.1, 0.15) is 0 Å². The van der Waals surface area contributed by atoms with Gasteiger partial charge in [0.15, 0.2) is 0 Å². The van der Waals surface area contributed by atoms with Crippen molar-refractivity contribution in [1.82, 2.24) is 0 Å². The second-order valence-corrected chi connectivity index (χ2v) is 1.77. The van der Waals surface area contributed by atoms with Crippen LogP contribution in [0.1, 0.15) is 0 Å². The molecular weight excluding hydrogens is 130 g/mol. The lowest BCUT2D eigenvalue weighted by Gasteiger charge is -2.10. The molecule has 0 rings (SSSR count). The molecule has 0 aliphatic heterocycles. The molecule has 0 heterocycles. The summed E-state index contributed by atoms with van der Waals surface area (Å²) in [7, 11) is 0. The first kappa shape index (κ1) is 8.79. The van der Waals surface area contributed by atoms with E-state index in [1.165, 1.54) is 0 Å². The average Bonchev–Trinajstić information content (AvgIpc) is 1.98. The Labute approximate surface area is 59.0 Å². The third-order valence-electron chi connectivity index (χ3n) is 1.01. The van der Waals surface area contributed by atoms with Gasteiger partial charge in [-0.3, -0.25) is 0 Å². The molecule has 0 aromatic carbocycles. The maximum Gasteiger partial charge on any atom is 0.0816 e. The van der Waals surface area contributed by atoms with Gasteiger partial charge in [-0.1, -0.05) is 11.0 Å². The highest BCUT2D eigenvalue weighted by Crippen LogP contribution is 1.85. The topological polar surface area (TPSA) is 101 Å². The van der Waals surface area contributed by atoms with Crippen LogP contribution in [0.4, 0.5) is 0 Å². The van der Waals surface area contributed by atoms with Gasteiger partial charge in [-0.2, -0.15) is 0 Å². The second kappa shape index (κ2) is 4.65. The van der Waals surface area contributed by atoms with Crippen LogP contribution in [0.5, 0.6) is 0 Å². The highest BCUT2D eigenvalue weighted by molar-refractivity contribution is 5.02. The molecule has 0 spiro atoms. The fraction of sp³-hybridized carbons (Fsp3) is 0.600. The molecule has 2 atom stereocenters. The molecule has 4 N–H and O–H groups in total. The van der Waals surface area contributed by atoms with Crippen LogP contribution in [0.15, 0.2) is 5.11 Å². The van der Waals surface area contributed by atoms with E-state index in [4.69, 9.17) is 23.4 Å². The quantitative estimate of drug-likeness (QED) is 0.240. The highest BCUT2D eigenvalue weighted by atomic mass is 15.1. The summed E-state index contributed by atoms with van der Waals surface area (Å²) in [6, 6.07) is -0.980. The third-order valence-corrected chi connectivity index (χ3v) is 1.01. The van der Waals surface area contributed by atoms with Crippen molar-refractivity contribution < 1.29 is 0 Å². The number of hydrogen-bond donors (Lipinski definition) is 2. The molecule has 0 fully saturated rings. The Morgan fingerprint density at radius 1 is 1.70 bits per heavy atom. The summed E-state index contributed by atoms with van der Waals surface area (Å²) >= 11 is 0. The number of rotatable bonds is 3. The third kappa shape index (κ3) is 2.95. The van der Waals surface area contributed by atoms with Crippen molar-refractivity contribution >= 4 is 0 Å². The van der Waals surface area contributed by atoms with Gasteiger partial charge in [-0.05, 0) is 5.53 Å². The highest BCUT2D eigenvalue weighted by Gasteiger charge is 2.07. The molecule has 54 valence electrons. The van der Waals surface area contributed by atoms with Gasteiger partial charge in [0, 0.05) is 17.5 Å². The standard InChI is InChI=1S/C5H9N5/c1-2-4(6)5(7)3-9-10-8/h1,4-5H,3,6-7H2. The SMILES string of the molecule is C#CC(N)C(N)CN=[N+]=[N-]. The van der Waals surface area contributed by atoms with Crippen LogP contribution in [-0.2, 0) is 0 Å². The lowest BCUT2D eigenvalue weighted by atomic mass is 10.1. The van der Waals surface area contributed by atoms with E-state index < -0.39 is 12.1 Å². The van der Waals surface area contributed by atoms with Gasteiger partial charge < -0.3 is 11.5 Å². The van der Waals surface area contributed by atoms with Gasteiger partial charge in [0.2, 0.25) is 0 Å². The van der Waals surface area contributed by atoms with Crippen LogP contribution < -0.4 is 11.5 Å². The monoisotopic (exact) mass is 139 g/mol.